The molecule has 152 valence electrons. The van der Waals surface area contributed by atoms with Crippen molar-refractivity contribution in [3.63, 3.8) is 0 Å². The summed E-state index contributed by atoms with van der Waals surface area (Å²) in [7, 11) is 1.71. The summed E-state index contributed by atoms with van der Waals surface area (Å²) in [4.78, 5) is 4.57. The van der Waals surface area contributed by atoms with Crippen LogP contribution < -0.4 is 20.1 Å². The van der Waals surface area contributed by atoms with Gasteiger partial charge in [0.2, 0.25) is 0 Å². The first-order valence-corrected chi connectivity index (χ1v) is 10.6. The van der Waals surface area contributed by atoms with Gasteiger partial charge in [0, 0.05) is 38.0 Å². The molecule has 2 aromatic carbocycles. The van der Waals surface area contributed by atoms with E-state index in [4.69, 9.17) is 9.47 Å². The smallest absolute Gasteiger partial charge is 0.191 e. The first kappa shape index (κ1) is 21.6. The Balaban J connectivity index is 2.00. The number of benzene rings is 2. The largest absolute Gasteiger partial charge is 0.497 e. The van der Waals surface area contributed by atoms with Crippen molar-refractivity contribution >= 4 is 15.8 Å². The van der Waals surface area contributed by atoms with E-state index < -0.39 is 9.84 Å². The zero-order valence-corrected chi connectivity index (χ0v) is 17.7. The Morgan fingerprint density at radius 3 is 2.32 bits per heavy atom. The molecule has 0 aliphatic rings. The van der Waals surface area contributed by atoms with Gasteiger partial charge in [-0.15, -0.1) is 0 Å². The van der Waals surface area contributed by atoms with Gasteiger partial charge in [0.25, 0.3) is 0 Å². The van der Waals surface area contributed by atoms with E-state index in [1.165, 1.54) is 6.26 Å². The van der Waals surface area contributed by atoms with Crippen LogP contribution in [-0.4, -0.2) is 41.9 Å². The third-order valence-electron chi connectivity index (χ3n) is 4.26. The number of nitrogens with one attached hydrogen (secondary N) is 2. The molecule has 0 saturated heterocycles. The van der Waals surface area contributed by atoms with Gasteiger partial charge >= 0.3 is 0 Å². The molecule has 0 heterocycles. The van der Waals surface area contributed by atoms with Crippen molar-refractivity contribution in [3.05, 3.63) is 53.1 Å². The third-order valence-corrected chi connectivity index (χ3v) is 5.52. The summed E-state index contributed by atoms with van der Waals surface area (Å²) in [6.07, 6.45) is 1.21. The van der Waals surface area contributed by atoms with Gasteiger partial charge in [0.05, 0.1) is 19.1 Å². The van der Waals surface area contributed by atoms with Gasteiger partial charge in [-0.1, -0.05) is 12.1 Å². The molecular formula is C20H27N3O4S. The Labute approximate surface area is 166 Å². The molecule has 2 N–H and O–H groups in total. The first-order valence-electron chi connectivity index (χ1n) is 8.73. The van der Waals surface area contributed by atoms with Crippen molar-refractivity contribution in [1.82, 2.24) is 10.6 Å². The highest BCUT2D eigenvalue weighted by Gasteiger charge is 2.11. The van der Waals surface area contributed by atoms with Gasteiger partial charge in [-0.25, -0.2) is 8.42 Å². The maximum absolute atomic E-state index is 11.7. The zero-order valence-electron chi connectivity index (χ0n) is 16.9. The number of aliphatic imine (C=N–C) groups is 1. The van der Waals surface area contributed by atoms with Crippen molar-refractivity contribution in [1.29, 1.82) is 0 Å². The van der Waals surface area contributed by atoms with Crippen LogP contribution in [0.2, 0.25) is 0 Å². The van der Waals surface area contributed by atoms with E-state index in [1.54, 1.807) is 40.3 Å². The van der Waals surface area contributed by atoms with E-state index in [2.05, 4.69) is 15.6 Å². The van der Waals surface area contributed by atoms with Crippen LogP contribution in [0.15, 0.2) is 46.3 Å². The van der Waals surface area contributed by atoms with Gasteiger partial charge < -0.3 is 20.1 Å². The summed E-state index contributed by atoms with van der Waals surface area (Å²) >= 11 is 0. The van der Waals surface area contributed by atoms with Gasteiger partial charge in [-0.2, -0.15) is 0 Å². The van der Waals surface area contributed by atoms with Crippen molar-refractivity contribution < 1.29 is 17.9 Å². The second-order valence-corrected chi connectivity index (χ2v) is 8.31. The average Bonchev–Trinajstić information content (AvgIpc) is 2.67. The number of methoxy groups -OCH3 is 2. The maximum atomic E-state index is 11.7. The van der Waals surface area contributed by atoms with Gasteiger partial charge in [0.15, 0.2) is 15.8 Å². The minimum atomic E-state index is -3.21. The molecule has 0 saturated carbocycles. The average molecular weight is 406 g/mol. The van der Waals surface area contributed by atoms with Gasteiger partial charge in [-0.3, -0.25) is 4.99 Å². The number of aryl methyl sites for hydroxylation is 1. The number of nitrogens with zero attached hydrogens (tertiary/aromatic N) is 1. The summed E-state index contributed by atoms with van der Waals surface area (Å²) in [5.74, 6) is 2.09. The molecule has 0 aliphatic carbocycles. The summed E-state index contributed by atoms with van der Waals surface area (Å²) in [6.45, 7) is 2.84. The van der Waals surface area contributed by atoms with E-state index in [9.17, 15) is 8.42 Å². The molecular weight excluding hydrogens is 378 g/mol. The van der Waals surface area contributed by atoms with E-state index >= 15 is 0 Å². The summed E-state index contributed by atoms with van der Waals surface area (Å²) < 4.78 is 34.1. The van der Waals surface area contributed by atoms with Gasteiger partial charge in [0.1, 0.15) is 11.5 Å². The van der Waals surface area contributed by atoms with E-state index in [0.29, 0.717) is 23.9 Å². The van der Waals surface area contributed by atoms with Crippen molar-refractivity contribution in [2.45, 2.75) is 24.9 Å². The Hall–Kier alpha value is -2.74. The second kappa shape index (κ2) is 9.45. The van der Waals surface area contributed by atoms with Crippen molar-refractivity contribution in [3.8, 4) is 11.5 Å². The number of guanidine groups is 1. The lowest BCUT2D eigenvalue weighted by Gasteiger charge is -2.15. The molecule has 0 spiro atoms. The maximum Gasteiger partial charge on any atom is 0.191 e. The number of ether oxygens (including phenoxy) is 2. The minimum Gasteiger partial charge on any atom is -0.497 e. The molecule has 0 aliphatic heterocycles. The third kappa shape index (κ3) is 5.63. The molecule has 2 aromatic rings. The fourth-order valence-corrected chi connectivity index (χ4v) is 3.78. The Morgan fingerprint density at radius 1 is 1.04 bits per heavy atom. The van der Waals surface area contributed by atoms with Crippen LogP contribution in [0, 0.1) is 6.92 Å². The lowest BCUT2D eigenvalue weighted by molar-refractivity contribution is 0.390. The van der Waals surface area contributed by atoms with Crippen LogP contribution in [0.25, 0.3) is 0 Å². The lowest BCUT2D eigenvalue weighted by atomic mass is 10.1. The number of hydrogen-bond acceptors (Lipinski definition) is 5. The van der Waals surface area contributed by atoms with Crippen LogP contribution in [0.4, 0.5) is 0 Å². The highest BCUT2D eigenvalue weighted by Crippen LogP contribution is 2.24. The minimum absolute atomic E-state index is 0.352. The van der Waals surface area contributed by atoms with Crippen molar-refractivity contribution in [2.24, 2.45) is 4.99 Å². The van der Waals surface area contributed by atoms with Gasteiger partial charge in [-0.05, 0) is 36.2 Å². The molecule has 0 radical (unpaired) electrons. The van der Waals surface area contributed by atoms with Crippen LogP contribution in [0.1, 0.15) is 16.7 Å². The topological polar surface area (TPSA) is 89.0 Å². The predicted octanol–water partition coefficient (Wildman–Crippen LogP) is 2.28. The Bertz CT molecular complexity index is 956. The number of rotatable bonds is 7. The van der Waals surface area contributed by atoms with E-state index in [1.807, 2.05) is 24.3 Å². The molecule has 28 heavy (non-hydrogen) atoms. The SMILES string of the molecule is CN=C(NCc1ccc(S(C)(=O)=O)c(C)c1)NCc1ccc(OC)cc1OC. The molecule has 0 fully saturated rings. The Kier molecular flexibility index (Phi) is 7.28. The van der Waals surface area contributed by atoms with Crippen LogP contribution >= 0.6 is 0 Å². The number of hydrogen-bond donors (Lipinski definition) is 2. The molecule has 0 aromatic heterocycles. The van der Waals surface area contributed by atoms with Crippen molar-refractivity contribution in [2.75, 3.05) is 27.5 Å². The van der Waals surface area contributed by atoms with Crippen LogP contribution in [0.5, 0.6) is 11.5 Å². The fourth-order valence-electron chi connectivity index (χ4n) is 2.82. The molecule has 0 bridgehead atoms. The van der Waals surface area contributed by atoms with Crippen LogP contribution in [-0.2, 0) is 22.9 Å². The summed E-state index contributed by atoms with van der Waals surface area (Å²) in [5.41, 5.74) is 2.67. The zero-order chi connectivity index (χ0) is 20.7. The molecule has 2 rings (SSSR count). The van der Waals surface area contributed by atoms with Crippen LogP contribution in [0.3, 0.4) is 0 Å². The molecule has 7 nitrogen and oxygen atoms in total. The summed E-state index contributed by atoms with van der Waals surface area (Å²) in [5, 5.41) is 6.47. The monoisotopic (exact) mass is 405 g/mol. The normalized spacial score (nSPS) is 11.8. The highest BCUT2D eigenvalue weighted by atomic mass is 32.2. The fraction of sp³-hybridized carbons (Fsp3) is 0.350. The molecule has 0 unspecified atom stereocenters. The quantitative estimate of drug-likeness (QED) is 0.543. The highest BCUT2D eigenvalue weighted by molar-refractivity contribution is 7.90. The molecule has 0 amide bonds. The molecule has 8 heteroatoms. The van der Waals surface area contributed by atoms with E-state index in [-0.39, 0.29) is 0 Å². The standard InChI is InChI=1S/C20H27N3O4S/c1-14-10-15(6-9-19(14)28(5,24)25)12-22-20(21-2)23-13-16-7-8-17(26-3)11-18(16)27-4/h6-11H,12-13H2,1-5H3,(H2,21,22,23). The lowest BCUT2D eigenvalue weighted by Crippen LogP contribution is -2.36. The number of sulfone groups is 1. The first-order chi connectivity index (χ1) is 13.3. The van der Waals surface area contributed by atoms with E-state index in [0.717, 1.165) is 28.2 Å². The summed E-state index contributed by atoms with van der Waals surface area (Å²) in [6, 6.07) is 11.0. The second-order valence-electron chi connectivity index (χ2n) is 6.33. The molecule has 0 atom stereocenters. The Morgan fingerprint density at radius 2 is 1.75 bits per heavy atom. The predicted molar refractivity (Wildman–Crippen MR) is 111 cm³/mol.